The van der Waals surface area contributed by atoms with E-state index in [2.05, 4.69) is 11.9 Å². The van der Waals surface area contributed by atoms with E-state index >= 15 is 0 Å². The van der Waals surface area contributed by atoms with Crippen LogP contribution in [0, 0.1) is 23.2 Å². The van der Waals surface area contributed by atoms with Crippen LogP contribution in [0.25, 0.3) is 0 Å². The molecule has 0 radical (unpaired) electrons. The lowest BCUT2D eigenvalue weighted by atomic mass is 9.48. The van der Waals surface area contributed by atoms with Crippen molar-refractivity contribution in [1.82, 2.24) is 10.4 Å². The average molecular weight is 357 g/mol. The van der Waals surface area contributed by atoms with Crippen molar-refractivity contribution in [3.63, 3.8) is 0 Å². The highest BCUT2D eigenvalue weighted by molar-refractivity contribution is 5.93. The minimum absolute atomic E-state index is 0.458. The second-order valence-electron chi connectivity index (χ2n) is 9.40. The van der Waals surface area contributed by atoms with E-state index in [-0.39, 0.29) is 0 Å². The third-order valence-corrected chi connectivity index (χ3v) is 7.18. The lowest BCUT2D eigenvalue weighted by Gasteiger charge is -2.57. The lowest BCUT2D eigenvalue weighted by molar-refractivity contribution is -0.0588. The third kappa shape index (κ3) is 3.81. The van der Waals surface area contributed by atoms with Crippen molar-refractivity contribution in [1.29, 1.82) is 0 Å². The predicted molar refractivity (Wildman–Crippen MR) is 102 cm³/mol. The summed E-state index contributed by atoms with van der Waals surface area (Å²) in [6, 6.07) is 7.48. The molecule has 2 N–H and O–H groups in total. The molecule has 1 amide bonds. The van der Waals surface area contributed by atoms with E-state index in [9.17, 15) is 4.79 Å². The van der Waals surface area contributed by atoms with Crippen LogP contribution in [0.4, 0.5) is 0 Å². The molecule has 4 bridgehead atoms. The molecule has 0 atom stereocenters. The van der Waals surface area contributed by atoms with Crippen molar-refractivity contribution in [2.75, 3.05) is 13.6 Å². The van der Waals surface area contributed by atoms with E-state index in [1.165, 1.54) is 56.9 Å². The maximum atomic E-state index is 11.4. The Morgan fingerprint density at radius 1 is 1.12 bits per heavy atom. The summed E-state index contributed by atoms with van der Waals surface area (Å²) in [5, 5.41) is 8.68. The van der Waals surface area contributed by atoms with Gasteiger partial charge < -0.3 is 4.90 Å². The SMILES string of the molecule is CN(CCCC12CC3CC(CC(C3)C1)C2)Cc1ccc(C(=O)NO)cc1. The summed E-state index contributed by atoms with van der Waals surface area (Å²) in [7, 11) is 2.19. The molecule has 4 heteroatoms. The Morgan fingerprint density at radius 3 is 2.23 bits per heavy atom. The Morgan fingerprint density at radius 2 is 1.69 bits per heavy atom. The van der Waals surface area contributed by atoms with Crippen LogP contribution < -0.4 is 5.48 Å². The van der Waals surface area contributed by atoms with Crippen molar-refractivity contribution < 1.29 is 10.0 Å². The van der Waals surface area contributed by atoms with Gasteiger partial charge in [0.05, 0.1) is 0 Å². The molecule has 1 aromatic rings. The molecule has 0 aliphatic heterocycles. The molecule has 0 aromatic heterocycles. The Bertz CT molecular complexity index is 605. The van der Waals surface area contributed by atoms with Crippen molar-refractivity contribution in [2.45, 2.75) is 57.9 Å². The standard InChI is InChI=1S/C22H32N2O2/c1-24(15-16-3-5-20(6-4-16)21(25)23-26)8-2-7-22-12-17-9-18(13-22)11-19(10-17)14-22/h3-6,17-19,26H,2,7-15H2,1H3,(H,23,25). The van der Waals surface area contributed by atoms with Gasteiger partial charge in [-0.15, -0.1) is 0 Å². The average Bonchev–Trinajstić information content (AvgIpc) is 2.60. The fourth-order valence-corrected chi connectivity index (χ4v) is 6.54. The number of amides is 1. The molecule has 0 spiro atoms. The van der Waals surface area contributed by atoms with Crippen LogP contribution in [0.5, 0.6) is 0 Å². The topological polar surface area (TPSA) is 52.6 Å². The molecular formula is C22H32N2O2. The number of carbonyl (C=O) groups excluding carboxylic acids is 1. The number of rotatable bonds is 7. The molecule has 4 fully saturated rings. The molecule has 4 nitrogen and oxygen atoms in total. The quantitative estimate of drug-likeness (QED) is 0.568. The monoisotopic (exact) mass is 356 g/mol. The largest absolute Gasteiger partial charge is 0.302 e. The summed E-state index contributed by atoms with van der Waals surface area (Å²) in [5.41, 5.74) is 4.06. The zero-order chi connectivity index (χ0) is 18.1. The number of hydrogen-bond acceptors (Lipinski definition) is 3. The van der Waals surface area contributed by atoms with Crippen LogP contribution >= 0.6 is 0 Å². The molecule has 0 saturated heterocycles. The molecule has 4 saturated carbocycles. The van der Waals surface area contributed by atoms with Crippen LogP contribution in [0.2, 0.25) is 0 Å². The van der Waals surface area contributed by atoms with Gasteiger partial charge in [-0.1, -0.05) is 12.1 Å². The minimum Gasteiger partial charge on any atom is -0.302 e. The molecular weight excluding hydrogens is 324 g/mol. The van der Waals surface area contributed by atoms with Gasteiger partial charge in [-0.05, 0) is 106 Å². The molecule has 5 rings (SSSR count). The number of nitrogens with zero attached hydrogens (tertiary/aromatic N) is 1. The van der Waals surface area contributed by atoms with Crippen molar-refractivity contribution in [3.8, 4) is 0 Å². The molecule has 0 heterocycles. The van der Waals surface area contributed by atoms with Crippen molar-refractivity contribution in [2.24, 2.45) is 23.2 Å². The highest BCUT2D eigenvalue weighted by Crippen LogP contribution is 2.61. The van der Waals surface area contributed by atoms with E-state index in [1.54, 1.807) is 17.6 Å². The van der Waals surface area contributed by atoms with E-state index in [4.69, 9.17) is 5.21 Å². The van der Waals surface area contributed by atoms with Gasteiger partial charge in [0, 0.05) is 12.1 Å². The maximum Gasteiger partial charge on any atom is 0.274 e. The number of hydroxylamine groups is 1. The fraction of sp³-hybridized carbons (Fsp3) is 0.682. The third-order valence-electron chi connectivity index (χ3n) is 7.18. The zero-order valence-corrected chi connectivity index (χ0v) is 15.9. The first-order chi connectivity index (χ1) is 12.5. The molecule has 1 aromatic carbocycles. The van der Waals surface area contributed by atoms with Gasteiger partial charge in [0.25, 0.3) is 5.91 Å². The zero-order valence-electron chi connectivity index (χ0n) is 15.9. The highest BCUT2D eigenvalue weighted by atomic mass is 16.5. The minimum atomic E-state index is -0.458. The predicted octanol–water partition coefficient (Wildman–Crippen LogP) is 4.23. The van der Waals surface area contributed by atoms with E-state index < -0.39 is 5.91 Å². The van der Waals surface area contributed by atoms with Crippen LogP contribution in [0.1, 0.15) is 67.3 Å². The second-order valence-corrected chi connectivity index (χ2v) is 9.40. The van der Waals surface area contributed by atoms with Crippen LogP contribution in [-0.2, 0) is 6.54 Å². The van der Waals surface area contributed by atoms with Crippen LogP contribution in [0.3, 0.4) is 0 Å². The smallest absolute Gasteiger partial charge is 0.274 e. The fourth-order valence-electron chi connectivity index (χ4n) is 6.54. The summed E-state index contributed by atoms with van der Waals surface area (Å²) >= 11 is 0. The Kier molecular flexibility index (Phi) is 5.07. The Balaban J connectivity index is 1.24. The normalized spacial score (nSPS) is 32.2. The summed E-state index contributed by atoms with van der Waals surface area (Å²) < 4.78 is 0. The van der Waals surface area contributed by atoms with Gasteiger partial charge in [-0.3, -0.25) is 10.0 Å². The first-order valence-corrected chi connectivity index (χ1v) is 10.3. The van der Waals surface area contributed by atoms with Gasteiger partial charge in [0.15, 0.2) is 0 Å². The molecule has 4 aliphatic rings. The summed E-state index contributed by atoms with van der Waals surface area (Å²) in [4.78, 5) is 13.8. The Labute approximate surface area is 156 Å². The van der Waals surface area contributed by atoms with Gasteiger partial charge >= 0.3 is 0 Å². The summed E-state index contributed by atoms with van der Waals surface area (Å²) in [5.74, 6) is 2.69. The van der Waals surface area contributed by atoms with E-state index in [1.807, 2.05) is 12.1 Å². The van der Waals surface area contributed by atoms with Crippen LogP contribution in [0.15, 0.2) is 24.3 Å². The first kappa shape index (κ1) is 18.0. The first-order valence-electron chi connectivity index (χ1n) is 10.3. The lowest BCUT2D eigenvalue weighted by Crippen LogP contribution is -2.46. The second kappa shape index (κ2) is 7.32. The van der Waals surface area contributed by atoms with E-state index in [0.717, 1.165) is 30.8 Å². The number of nitrogens with one attached hydrogen (secondary N) is 1. The summed E-state index contributed by atoms with van der Waals surface area (Å²) in [6.07, 6.45) is 11.8. The van der Waals surface area contributed by atoms with E-state index in [0.29, 0.717) is 11.0 Å². The Hall–Kier alpha value is -1.39. The molecule has 4 aliphatic carbocycles. The van der Waals surface area contributed by atoms with Crippen molar-refractivity contribution in [3.05, 3.63) is 35.4 Å². The number of hydrogen-bond donors (Lipinski definition) is 2. The maximum absolute atomic E-state index is 11.4. The van der Waals surface area contributed by atoms with Gasteiger partial charge in [-0.25, -0.2) is 5.48 Å². The summed E-state index contributed by atoms with van der Waals surface area (Å²) in [6.45, 7) is 2.04. The number of carbonyl (C=O) groups is 1. The van der Waals surface area contributed by atoms with Crippen molar-refractivity contribution >= 4 is 5.91 Å². The highest BCUT2D eigenvalue weighted by Gasteiger charge is 2.50. The number of benzene rings is 1. The van der Waals surface area contributed by atoms with Crippen LogP contribution in [-0.4, -0.2) is 29.6 Å². The van der Waals surface area contributed by atoms with Gasteiger partial charge in [0.1, 0.15) is 0 Å². The molecule has 0 unspecified atom stereocenters. The molecule has 26 heavy (non-hydrogen) atoms. The molecule has 142 valence electrons. The van der Waals surface area contributed by atoms with Gasteiger partial charge in [-0.2, -0.15) is 0 Å². The van der Waals surface area contributed by atoms with Gasteiger partial charge in [0.2, 0.25) is 0 Å².